The van der Waals surface area contributed by atoms with Gasteiger partial charge in [-0.2, -0.15) is 0 Å². The Morgan fingerprint density at radius 3 is 2.93 bits per heavy atom. The third kappa shape index (κ3) is 4.20. The highest BCUT2D eigenvalue weighted by molar-refractivity contribution is 7.11. The van der Waals surface area contributed by atoms with Gasteiger partial charge in [0.25, 0.3) is 0 Å². The second-order valence-electron chi connectivity index (χ2n) is 3.86. The number of hydrogen-bond donors (Lipinski definition) is 1. The molecule has 0 radical (unpaired) electrons. The molecule has 0 amide bonds. The lowest BCUT2D eigenvalue weighted by atomic mass is 10.1. The number of nitrogens with zero attached hydrogens (tertiary/aromatic N) is 1. The predicted octanol–water partition coefficient (Wildman–Crippen LogP) is 2.63. The van der Waals surface area contributed by atoms with E-state index in [0.717, 1.165) is 19.5 Å². The zero-order chi connectivity index (χ0) is 10.4. The number of thiazole rings is 1. The zero-order valence-electron chi connectivity index (χ0n) is 9.34. The molecule has 14 heavy (non-hydrogen) atoms. The van der Waals surface area contributed by atoms with E-state index >= 15 is 0 Å². The minimum absolute atomic E-state index is 0.710. The molecule has 1 heterocycles. The highest BCUT2D eigenvalue weighted by Crippen LogP contribution is 2.15. The van der Waals surface area contributed by atoms with Crippen molar-refractivity contribution in [3.63, 3.8) is 0 Å². The van der Waals surface area contributed by atoms with E-state index in [1.807, 2.05) is 17.5 Å². The van der Waals surface area contributed by atoms with E-state index in [0.29, 0.717) is 5.92 Å². The van der Waals surface area contributed by atoms with Crippen molar-refractivity contribution in [1.29, 1.82) is 0 Å². The Morgan fingerprint density at radius 2 is 2.36 bits per heavy atom. The molecule has 0 aliphatic carbocycles. The molecule has 1 rings (SSSR count). The summed E-state index contributed by atoms with van der Waals surface area (Å²) < 4.78 is 0. The van der Waals surface area contributed by atoms with Crippen LogP contribution in [0.5, 0.6) is 0 Å². The highest BCUT2D eigenvalue weighted by atomic mass is 32.1. The molecule has 1 unspecified atom stereocenters. The molecule has 2 nitrogen and oxygen atoms in total. The third-order valence-electron chi connectivity index (χ3n) is 2.14. The van der Waals surface area contributed by atoms with Gasteiger partial charge in [-0.15, -0.1) is 11.3 Å². The lowest BCUT2D eigenvalue weighted by Crippen LogP contribution is -2.22. The van der Waals surface area contributed by atoms with Crippen LogP contribution in [0.2, 0.25) is 0 Å². The van der Waals surface area contributed by atoms with Crippen LogP contribution in [-0.2, 0) is 6.42 Å². The number of hydrogen-bond acceptors (Lipinski definition) is 3. The average molecular weight is 212 g/mol. The molecule has 0 aromatic carbocycles. The molecule has 80 valence electrons. The molecule has 0 saturated heterocycles. The molecule has 3 heteroatoms. The van der Waals surface area contributed by atoms with E-state index in [2.05, 4.69) is 31.1 Å². The van der Waals surface area contributed by atoms with Gasteiger partial charge in [-0.05, 0) is 38.8 Å². The summed E-state index contributed by atoms with van der Waals surface area (Å²) in [6.45, 7) is 8.80. The zero-order valence-corrected chi connectivity index (χ0v) is 10.2. The second kappa shape index (κ2) is 6.14. The van der Waals surface area contributed by atoms with E-state index in [9.17, 15) is 0 Å². The van der Waals surface area contributed by atoms with Crippen molar-refractivity contribution in [3.05, 3.63) is 16.1 Å². The van der Waals surface area contributed by atoms with Crippen molar-refractivity contribution in [2.24, 2.45) is 5.92 Å². The summed E-state index contributed by atoms with van der Waals surface area (Å²) in [5.41, 5.74) is 0. The van der Waals surface area contributed by atoms with Crippen molar-refractivity contribution in [3.8, 4) is 0 Å². The van der Waals surface area contributed by atoms with E-state index in [-0.39, 0.29) is 0 Å². The minimum atomic E-state index is 0.710. The molecule has 1 atom stereocenters. The summed E-state index contributed by atoms with van der Waals surface area (Å²) in [4.78, 5) is 5.67. The minimum Gasteiger partial charge on any atom is -0.316 e. The van der Waals surface area contributed by atoms with Gasteiger partial charge in [0.05, 0.1) is 5.01 Å². The molecular formula is C11H20N2S. The monoisotopic (exact) mass is 212 g/mol. The van der Waals surface area contributed by atoms with E-state index in [1.54, 1.807) is 0 Å². The van der Waals surface area contributed by atoms with Gasteiger partial charge in [0.1, 0.15) is 0 Å². The maximum Gasteiger partial charge on any atom is 0.0896 e. The number of nitrogens with one attached hydrogen (secondary N) is 1. The molecule has 1 aromatic heterocycles. The van der Waals surface area contributed by atoms with Crippen molar-refractivity contribution in [2.75, 3.05) is 13.1 Å². The SMILES string of the molecule is CCCNCC(C)Cc1cnc(C)s1. The summed E-state index contributed by atoms with van der Waals surface area (Å²) in [6, 6.07) is 0. The summed E-state index contributed by atoms with van der Waals surface area (Å²) in [5.74, 6) is 0.710. The van der Waals surface area contributed by atoms with E-state index < -0.39 is 0 Å². The lowest BCUT2D eigenvalue weighted by Gasteiger charge is -2.10. The smallest absolute Gasteiger partial charge is 0.0896 e. The molecule has 0 aliphatic heterocycles. The Kier molecular flexibility index (Phi) is 5.12. The first-order valence-electron chi connectivity index (χ1n) is 5.34. The van der Waals surface area contributed by atoms with Gasteiger partial charge in [0.15, 0.2) is 0 Å². The molecular weight excluding hydrogens is 192 g/mol. The van der Waals surface area contributed by atoms with Gasteiger partial charge in [0.2, 0.25) is 0 Å². The van der Waals surface area contributed by atoms with Crippen LogP contribution < -0.4 is 5.32 Å². The van der Waals surface area contributed by atoms with Gasteiger partial charge >= 0.3 is 0 Å². The number of aromatic nitrogens is 1. The van der Waals surface area contributed by atoms with Crippen molar-refractivity contribution < 1.29 is 0 Å². The fourth-order valence-corrected chi connectivity index (χ4v) is 2.40. The molecule has 0 bridgehead atoms. The average Bonchev–Trinajstić information content (AvgIpc) is 2.52. The Hall–Kier alpha value is -0.410. The van der Waals surface area contributed by atoms with Crippen LogP contribution >= 0.6 is 11.3 Å². The predicted molar refractivity (Wildman–Crippen MR) is 62.9 cm³/mol. The van der Waals surface area contributed by atoms with Crippen LogP contribution in [0.15, 0.2) is 6.20 Å². The highest BCUT2D eigenvalue weighted by Gasteiger charge is 2.05. The molecule has 0 spiro atoms. The van der Waals surface area contributed by atoms with Gasteiger partial charge in [-0.1, -0.05) is 13.8 Å². The Bertz CT molecular complexity index is 258. The quantitative estimate of drug-likeness (QED) is 0.733. The summed E-state index contributed by atoms with van der Waals surface area (Å²) in [5, 5.41) is 4.62. The van der Waals surface area contributed by atoms with Crippen LogP contribution in [0.4, 0.5) is 0 Å². The first-order chi connectivity index (χ1) is 6.72. The fourth-order valence-electron chi connectivity index (χ4n) is 1.44. The fraction of sp³-hybridized carbons (Fsp3) is 0.727. The Labute approximate surface area is 90.8 Å². The van der Waals surface area contributed by atoms with E-state index in [4.69, 9.17) is 0 Å². The summed E-state index contributed by atoms with van der Waals surface area (Å²) in [6.07, 6.45) is 4.38. The van der Waals surface area contributed by atoms with Gasteiger partial charge in [-0.25, -0.2) is 4.98 Å². The summed E-state index contributed by atoms with van der Waals surface area (Å²) in [7, 11) is 0. The maximum absolute atomic E-state index is 4.26. The Morgan fingerprint density at radius 1 is 1.57 bits per heavy atom. The van der Waals surface area contributed by atoms with Gasteiger partial charge in [-0.3, -0.25) is 0 Å². The molecule has 0 saturated carbocycles. The standard InChI is InChI=1S/C11H20N2S/c1-4-5-12-7-9(2)6-11-8-13-10(3)14-11/h8-9,12H,4-7H2,1-3H3. The van der Waals surface area contributed by atoms with Crippen molar-refractivity contribution in [1.82, 2.24) is 10.3 Å². The van der Waals surface area contributed by atoms with Crippen LogP contribution in [0.1, 0.15) is 30.2 Å². The van der Waals surface area contributed by atoms with Crippen LogP contribution in [0.25, 0.3) is 0 Å². The van der Waals surface area contributed by atoms with Crippen molar-refractivity contribution >= 4 is 11.3 Å². The maximum atomic E-state index is 4.26. The topological polar surface area (TPSA) is 24.9 Å². The van der Waals surface area contributed by atoms with Gasteiger partial charge < -0.3 is 5.32 Å². The molecule has 0 aliphatic rings. The van der Waals surface area contributed by atoms with E-state index in [1.165, 1.54) is 16.3 Å². The largest absolute Gasteiger partial charge is 0.316 e. The van der Waals surface area contributed by atoms with Crippen LogP contribution in [0.3, 0.4) is 0 Å². The first-order valence-corrected chi connectivity index (χ1v) is 6.16. The Balaban J connectivity index is 2.23. The third-order valence-corrected chi connectivity index (χ3v) is 3.07. The van der Waals surface area contributed by atoms with Crippen LogP contribution in [0, 0.1) is 12.8 Å². The number of aryl methyl sites for hydroxylation is 1. The molecule has 0 fully saturated rings. The summed E-state index contributed by atoms with van der Waals surface area (Å²) >= 11 is 1.82. The normalized spacial score (nSPS) is 13.1. The molecule has 1 aromatic rings. The lowest BCUT2D eigenvalue weighted by molar-refractivity contribution is 0.513. The second-order valence-corrected chi connectivity index (χ2v) is 5.18. The van der Waals surface area contributed by atoms with Crippen molar-refractivity contribution in [2.45, 2.75) is 33.6 Å². The first kappa shape index (κ1) is 11.7. The van der Waals surface area contributed by atoms with Crippen LogP contribution in [-0.4, -0.2) is 18.1 Å². The number of rotatable bonds is 6. The van der Waals surface area contributed by atoms with Gasteiger partial charge in [0, 0.05) is 11.1 Å². The molecule has 1 N–H and O–H groups in total.